The quantitative estimate of drug-likeness (QED) is 0.665. The number of ether oxygens (including phenoxy) is 1. The number of ketones is 1. The highest BCUT2D eigenvalue weighted by atomic mass is 16.5. The van der Waals surface area contributed by atoms with Crippen LogP contribution in [0.3, 0.4) is 0 Å². The number of aromatic amines is 1. The van der Waals surface area contributed by atoms with E-state index in [2.05, 4.69) is 40.3 Å². The predicted molar refractivity (Wildman–Crippen MR) is 108 cm³/mol. The van der Waals surface area contributed by atoms with E-state index in [9.17, 15) is 4.79 Å². The Hall–Kier alpha value is -2.59. The number of fused-ring (bicyclic) bond motifs is 1. The zero-order chi connectivity index (χ0) is 18.6. The molecule has 0 atom stereocenters. The number of piperidine rings is 1. The second kappa shape index (κ2) is 7.97. The largest absolute Gasteiger partial charge is 0.497 e. The van der Waals surface area contributed by atoms with E-state index in [0.717, 1.165) is 50.2 Å². The van der Waals surface area contributed by atoms with Crippen LogP contribution in [0, 0.1) is 5.92 Å². The molecule has 27 heavy (non-hydrogen) atoms. The Morgan fingerprint density at radius 1 is 1.11 bits per heavy atom. The van der Waals surface area contributed by atoms with Crippen LogP contribution in [-0.2, 0) is 6.42 Å². The number of benzene rings is 2. The van der Waals surface area contributed by atoms with E-state index in [-0.39, 0.29) is 11.7 Å². The maximum absolute atomic E-state index is 12.7. The number of carbonyl (C=O) groups excluding carboxylic acids is 1. The first-order chi connectivity index (χ1) is 13.2. The van der Waals surface area contributed by atoms with Crippen LogP contribution in [0.5, 0.6) is 5.75 Å². The molecule has 1 aliphatic rings. The number of Topliss-reactive ketones (excluding diaryl/α,β-unsaturated/α-hetero) is 1. The Morgan fingerprint density at radius 3 is 2.59 bits per heavy atom. The summed E-state index contributed by atoms with van der Waals surface area (Å²) in [7, 11) is 1.64. The van der Waals surface area contributed by atoms with Gasteiger partial charge in [0, 0.05) is 35.1 Å². The lowest BCUT2D eigenvalue weighted by molar-refractivity contribution is 0.0841. The molecule has 0 saturated carbocycles. The minimum atomic E-state index is 0.141. The predicted octanol–water partition coefficient (Wildman–Crippen LogP) is 4.31. The van der Waals surface area contributed by atoms with Gasteiger partial charge in [0.05, 0.1) is 7.11 Å². The van der Waals surface area contributed by atoms with Crippen molar-refractivity contribution in [1.29, 1.82) is 0 Å². The fourth-order valence-electron chi connectivity index (χ4n) is 4.03. The van der Waals surface area contributed by atoms with Crippen molar-refractivity contribution in [2.45, 2.75) is 19.3 Å². The average Bonchev–Trinajstić information content (AvgIpc) is 3.15. The summed E-state index contributed by atoms with van der Waals surface area (Å²) < 4.78 is 5.17. The number of para-hydroxylation sites is 1. The van der Waals surface area contributed by atoms with Gasteiger partial charge in [-0.05, 0) is 68.2 Å². The summed E-state index contributed by atoms with van der Waals surface area (Å²) in [5.74, 6) is 1.20. The Bertz CT molecular complexity index is 906. The van der Waals surface area contributed by atoms with E-state index in [0.29, 0.717) is 0 Å². The van der Waals surface area contributed by atoms with Gasteiger partial charge in [0.25, 0.3) is 0 Å². The molecule has 4 heteroatoms. The van der Waals surface area contributed by atoms with Gasteiger partial charge in [-0.15, -0.1) is 0 Å². The number of nitrogens with one attached hydrogen (secondary N) is 1. The zero-order valence-electron chi connectivity index (χ0n) is 15.8. The third kappa shape index (κ3) is 3.91. The molecule has 1 aromatic heterocycles. The van der Waals surface area contributed by atoms with Gasteiger partial charge in [0.15, 0.2) is 5.78 Å². The minimum absolute atomic E-state index is 0.141. The first kappa shape index (κ1) is 17.8. The van der Waals surface area contributed by atoms with Crippen molar-refractivity contribution in [3.8, 4) is 5.75 Å². The lowest BCUT2D eigenvalue weighted by atomic mass is 9.88. The van der Waals surface area contributed by atoms with E-state index in [1.54, 1.807) is 7.11 Å². The molecule has 0 spiro atoms. The van der Waals surface area contributed by atoms with Crippen LogP contribution >= 0.6 is 0 Å². The summed E-state index contributed by atoms with van der Waals surface area (Å²) in [5, 5.41) is 1.32. The molecule has 1 fully saturated rings. The second-order valence-corrected chi connectivity index (χ2v) is 7.32. The van der Waals surface area contributed by atoms with Crippen molar-refractivity contribution in [3.63, 3.8) is 0 Å². The van der Waals surface area contributed by atoms with Crippen molar-refractivity contribution < 1.29 is 9.53 Å². The highest BCUT2D eigenvalue weighted by Crippen LogP contribution is 2.24. The molecule has 0 radical (unpaired) electrons. The summed E-state index contributed by atoms with van der Waals surface area (Å²) in [6, 6.07) is 15.9. The van der Waals surface area contributed by atoms with Crippen LogP contribution in [-0.4, -0.2) is 42.4 Å². The lowest BCUT2D eigenvalue weighted by Crippen LogP contribution is -2.37. The highest BCUT2D eigenvalue weighted by Gasteiger charge is 2.25. The van der Waals surface area contributed by atoms with Crippen molar-refractivity contribution in [3.05, 3.63) is 65.9 Å². The number of likely N-dealkylation sites (tertiary alicyclic amines) is 1. The molecule has 1 N–H and O–H groups in total. The SMILES string of the molecule is COc1ccc(C(=O)C2CCN(CCc3c[nH]c4ccccc34)CC2)cc1. The van der Waals surface area contributed by atoms with Gasteiger partial charge >= 0.3 is 0 Å². The van der Waals surface area contributed by atoms with Crippen LogP contribution in [0.25, 0.3) is 10.9 Å². The van der Waals surface area contributed by atoms with Gasteiger partial charge in [-0.1, -0.05) is 18.2 Å². The molecular formula is C23H26N2O2. The first-order valence-corrected chi connectivity index (χ1v) is 9.70. The van der Waals surface area contributed by atoms with E-state index in [4.69, 9.17) is 4.74 Å². The fraction of sp³-hybridized carbons (Fsp3) is 0.348. The Morgan fingerprint density at radius 2 is 1.85 bits per heavy atom. The van der Waals surface area contributed by atoms with E-state index in [1.807, 2.05) is 24.3 Å². The highest BCUT2D eigenvalue weighted by molar-refractivity contribution is 5.98. The van der Waals surface area contributed by atoms with Crippen LogP contribution in [0.1, 0.15) is 28.8 Å². The first-order valence-electron chi connectivity index (χ1n) is 9.70. The molecule has 1 saturated heterocycles. The number of H-pyrrole nitrogens is 1. The van der Waals surface area contributed by atoms with Crippen LogP contribution < -0.4 is 4.74 Å². The number of carbonyl (C=O) groups is 1. The standard InChI is InChI=1S/C23H26N2O2/c1-27-20-8-6-17(7-9-20)23(26)18-10-13-25(14-11-18)15-12-19-16-24-22-5-3-2-4-21(19)22/h2-9,16,18,24H,10-15H2,1H3. The second-order valence-electron chi connectivity index (χ2n) is 7.32. The van der Waals surface area contributed by atoms with Gasteiger partial charge in [-0.3, -0.25) is 4.79 Å². The average molecular weight is 362 g/mol. The number of aromatic nitrogens is 1. The maximum Gasteiger partial charge on any atom is 0.166 e. The molecule has 4 rings (SSSR count). The third-order valence-corrected chi connectivity index (χ3v) is 5.71. The van der Waals surface area contributed by atoms with Crippen molar-refractivity contribution in [2.75, 3.05) is 26.7 Å². The Balaban J connectivity index is 1.30. The molecular weight excluding hydrogens is 336 g/mol. The summed E-state index contributed by atoms with van der Waals surface area (Å²) in [4.78, 5) is 18.6. The molecule has 140 valence electrons. The number of hydrogen-bond donors (Lipinski definition) is 1. The molecule has 2 heterocycles. The molecule has 0 bridgehead atoms. The molecule has 0 amide bonds. The van der Waals surface area contributed by atoms with Gasteiger partial charge in [-0.2, -0.15) is 0 Å². The van der Waals surface area contributed by atoms with Gasteiger partial charge in [-0.25, -0.2) is 0 Å². The number of methoxy groups -OCH3 is 1. The van der Waals surface area contributed by atoms with Crippen LogP contribution in [0.15, 0.2) is 54.7 Å². The normalized spacial score (nSPS) is 15.9. The third-order valence-electron chi connectivity index (χ3n) is 5.71. The zero-order valence-corrected chi connectivity index (χ0v) is 15.8. The smallest absolute Gasteiger partial charge is 0.166 e. The molecule has 0 unspecified atom stereocenters. The Labute approximate surface area is 160 Å². The van der Waals surface area contributed by atoms with Crippen molar-refractivity contribution in [2.24, 2.45) is 5.92 Å². The van der Waals surface area contributed by atoms with E-state index in [1.165, 1.54) is 16.5 Å². The van der Waals surface area contributed by atoms with Crippen molar-refractivity contribution >= 4 is 16.7 Å². The number of hydrogen-bond acceptors (Lipinski definition) is 3. The lowest BCUT2D eigenvalue weighted by Gasteiger charge is -2.31. The number of nitrogens with zero attached hydrogens (tertiary/aromatic N) is 1. The molecule has 0 aliphatic carbocycles. The van der Waals surface area contributed by atoms with Crippen LogP contribution in [0.4, 0.5) is 0 Å². The van der Waals surface area contributed by atoms with E-state index < -0.39 is 0 Å². The summed E-state index contributed by atoms with van der Waals surface area (Å²) in [5.41, 5.74) is 3.38. The van der Waals surface area contributed by atoms with E-state index >= 15 is 0 Å². The Kier molecular flexibility index (Phi) is 5.26. The molecule has 4 nitrogen and oxygen atoms in total. The number of rotatable bonds is 6. The monoisotopic (exact) mass is 362 g/mol. The fourth-order valence-corrected chi connectivity index (χ4v) is 4.03. The summed E-state index contributed by atoms with van der Waals surface area (Å²) >= 11 is 0. The van der Waals surface area contributed by atoms with Gasteiger partial charge in [0.2, 0.25) is 0 Å². The summed E-state index contributed by atoms with van der Waals surface area (Å²) in [6.07, 6.45) is 5.06. The topological polar surface area (TPSA) is 45.3 Å². The molecule has 1 aliphatic heterocycles. The van der Waals surface area contributed by atoms with Crippen LogP contribution in [0.2, 0.25) is 0 Å². The molecule has 3 aromatic rings. The van der Waals surface area contributed by atoms with Gasteiger partial charge in [0.1, 0.15) is 5.75 Å². The van der Waals surface area contributed by atoms with Crippen molar-refractivity contribution in [1.82, 2.24) is 9.88 Å². The van der Waals surface area contributed by atoms with Gasteiger partial charge < -0.3 is 14.6 Å². The molecule has 2 aromatic carbocycles. The summed E-state index contributed by atoms with van der Waals surface area (Å²) in [6.45, 7) is 3.04. The maximum atomic E-state index is 12.7. The minimum Gasteiger partial charge on any atom is -0.497 e.